The number of ether oxygens (including phenoxy) is 1. The van der Waals surface area contributed by atoms with Crippen LogP contribution in [0.25, 0.3) is 0 Å². The number of aryl methyl sites for hydroxylation is 3. The van der Waals surface area contributed by atoms with Gasteiger partial charge in [0.1, 0.15) is 5.75 Å². The van der Waals surface area contributed by atoms with E-state index in [-0.39, 0.29) is 5.91 Å². The molecule has 6 nitrogen and oxygen atoms in total. The molecular formula is C18H25N3O3. The van der Waals surface area contributed by atoms with Gasteiger partial charge in [0.15, 0.2) is 6.10 Å². The minimum atomic E-state index is -0.584. The quantitative estimate of drug-likeness (QED) is 0.780. The first kappa shape index (κ1) is 18.0. The predicted molar refractivity (Wildman–Crippen MR) is 90.8 cm³/mol. The van der Waals surface area contributed by atoms with Crippen molar-refractivity contribution in [3.05, 3.63) is 41.1 Å². The molecule has 130 valence electrons. The number of nitrogens with zero attached hydrogens (tertiary/aromatic N) is 3. The molecule has 2 aromatic rings. The van der Waals surface area contributed by atoms with Gasteiger partial charge in [-0.3, -0.25) is 4.79 Å². The summed E-state index contributed by atoms with van der Waals surface area (Å²) >= 11 is 0. The molecule has 0 saturated heterocycles. The van der Waals surface area contributed by atoms with E-state index in [0.717, 1.165) is 16.9 Å². The largest absolute Gasteiger partial charge is 0.481 e. The first-order valence-corrected chi connectivity index (χ1v) is 8.28. The molecule has 2 rings (SSSR count). The molecule has 6 heteroatoms. The molecule has 0 bridgehead atoms. The molecule has 0 N–H and O–H groups in total. The average Bonchev–Trinajstić information content (AvgIpc) is 3.03. The lowest BCUT2D eigenvalue weighted by Gasteiger charge is -2.24. The second-order valence-electron chi connectivity index (χ2n) is 5.82. The smallest absolute Gasteiger partial charge is 0.263 e. The summed E-state index contributed by atoms with van der Waals surface area (Å²) in [5, 5.41) is 7.90. The number of aromatic nitrogens is 2. The third kappa shape index (κ3) is 4.34. The van der Waals surface area contributed by atoms with Crippen molar-refractivity contribution in [3.63, 3.8) is 0 Å². The minimum absolute atomic E-state index is 0.102. The number of benzene rings is 1. The van der Waals surface area contributed by atoms with Crippen LogP contribution in [0.3, 0.4) is 0 Å². The number of hydrogen-bond donors (Lipinski definition) is 0. The van der Waals surface area contributed by atoms with Crippen LogP contribution >= 0.6 is 0 Å². The summed E-state index contributed by atoms with van der Waals surface area (Å²) in [7, 11) is 0. The lowest BCUT2D eigenvalue weighted by molar-refractivity contribution is -0.138. The summed E-state index contributed by atoms with van der Waals surface area (Å²) in [6, 6.07) is 5.96. The van der Waals surface area contributed by atoms with E-state index in [1.54, 1.807) is 11.8 Å². The maximum atomic E-state index is 12.7. The summed E-state index contributed by atoms with van der Waals surface area (Å²) in [6.45, 7) is 10.4. The second kappa shape index (κ2) is 7.95. The van der Waals surface area contributed by atoms with Gasteiger partial charge in [0.05, 0.1) is 6.54 Å². The molecule has 0 radical (unpaired) electrons. The van der Waals surface area contributed by atoms with Crippen LogP contribution in [0.2, 0.25) is 0 Å². The van der Waals surface area contributed by atoms with E-state index < -0.39 is 6.10 Å². The maximum absolute atomic E-state index is 12.7. The standard InChI is InChI=1S/C18H25N3O3/c1-6-16-19-20-17(24-16)11-21(7-2)18(22)14(5)23-15-10-12(3)8-9-13(15)4/h8-10,14H,6-7,11H2,1-5H3. The van der Waals surface area contributed by atoms with Crippen molar-refractivity contribution in [2.24, 2.45) is 0 Å². The van der Waals surface area contributed by atoms with E-state index in [0.29, 0.717) is 31.3 Å². The molecule has 0 aliphatic carbocycles. The monoisotopic (exact) mass is 331 g/mol. The van der Waals surface area contributed by atoms with Gasteiger partial charge in [-0.1, -0.05) is 19.1 Å². The van der Waals surface area contributed by atoms with E-state index in [1.807, 2.05) is 45.9 Å². The molecule has 1 amide bonds. The summed E-state index contributed by atoms with van der Waals surface area (Å²) < 4.78 is 11.4. The van der Waals surface area contributed by atoms with Crippen LogP contribution in [0.4, 0.5) is 0 Å². The summed E-state index contributed by atoms with van der Waals surface area (Å²) in [4.78, 5) is 14.3. The van der Waals surface area contributed by atoms with Crippen molar-refractivity contribution in [1.82, 2.24) is 15.1 Å². The normalized spacial score (nSPS) is 12.0. The Kier molecular flexibility index (Phi) is 5.95. The fourth-order valence-electron chi connectivity index (χ4n) is 2.34. The van der Waals surface area contributed by atoms with Crippen LogP contribution in [0.15, 0.2) is 22.6 Å². The molecule has 1 atom stereocenters. The summed E-state index contributed by atoms with van der Waals surface area (Å²) in [5.74, 6) is 1.65. The summed E-state index contributed by atoms with van der Waals surface area (Å²) in [6.07, 6.45) is 0.0955. The van der Waals surface area contributed by atoms with Crippen LogP contribution in [-0.4, -0.2) is 33.7 Å². The van der Waals surface area contributed by atoms with Crippen LogP contribution in [-0.2, 0) is 17.8 Å². The molecule has 0 aliphatic rings. The van der Waals surface area contributed by atoms with Crippen LogP contribution < -0.4 is 4.74 Å². The van der Waals surface area contributed by atoms with E-state index in [9.17, 15) is 4.79 Å². The van der Waals surface area contributed by atoms with Gasteiger partial charge in [0.2, 0.25) is 11.8 Å². The van der Waals surface area contributed by atoms with Crippen molar-refractivity contribution < 1.29 is 13.9 Å². The third-order valence-electron chi connectivity index (χ3n) is 3.83. The number of hydrogen-bond acceptors (Lipinski definition) is 5. The Labute approximate surface area is 142 Å². The first-order chi connectivity index (χ1) is 11.4. The van der Waals surface area contributed by atoms with Gasteiger partial charge >= 0.3 is 0 Å². The zero-order chi connectivity index (χ0) is 17.7. The van der Waals surface area contributed by atoms with Gasteiger partial charge in [0, 0.05) is 13.0 Å². The Hall–Kier alpha value is -2.37. The van der Waals surface area contributed by atoms with E-state index in [1.165, 1.54) is 0 Å². The Morgan fingerprint density at radius 2 is 1.96 bits per heavy atom. The summed E-state index contributed by atoms with van der Waals surface area (Å²) in [5.41, 5.74) is 2.10. The third-order valence-corrected chi connectivity index (χ3v) is 3.83. The lowest BCUT2D eigenvalue weighted by atomic mass is 10.1. The highest BCUT2D eigenvalue weighted by molar-refractivity contribution is 5.80. The van der Waals surface area contributed by atoms with E-state index >= 15 is 0 Å². The van der Waals surface area contributed by atoms with Crippen LogP contribution in [0, 0.1) is 13.8 Å². The van der Waals surface area contributed by atoms with Gasteiger partial charge < -0.3 is 14.1 Å². The van der Waals surface area contributed by atoms with Gasteiger partial charge in [-0.2, -0.15) is 0 Å². The van der Waals surface area contributed by atoms with Crippen LogP contribution in [0.1, 0.15) is 43.7 Å². The van der Waals surface area contributed by atoms with Gasteiger partial charge in [-0.05, 0) is 44.9 Å². The van der Waals surface area contributed by atoms with Crippen LogP contribution in [0.5, 0.6) is 5.75 Å². The van der Waals surface area contributed by atoms with Crippen molar-refractivity contribution in [1.29, 1.82) is 0 Å². The predicted octanol–water partition coefficient (Wildman–Crippen LogP) is 3.06. The highest BCUT2D eigenvalue weighted by Crippen LogP contribution is 2.21. The molecular weight excluding hydrogens is 306 g/mol. The Morgan fingerprint density at radius 1 is 1.25 bits per heavy atom. The molecule has 24 heavy (non-hydrogen) atoms. The minimum Gasteiger partial charge on any atom is -0.481 e. The fourth-order valence-corrected chi connectivity index (χ4v) is 2.34. The van der Waals surface area contributed by atoms with Gasteiger partial charge in [-0.15, -0.1) is 10.2 Å². The fraction of sp³-hybridized carbons (Fsp3) is 0.500. The first-order valence-electron chi connectivity index (χ1n) is 8.28. The number of carbonyl (C=O) groups excluding carboxylic acids is 1. The van der Waals surface area contributed by atoms with Crippen molar-refractivity contribution >= 4 is 5.91 Å². The molecule has 1 aromatic carbocycles. The Balaban J connectivity index is 2.05. The topological polar surface area (TPSA) is 68.5 Å². The van der Waals surface area contributed by atoms with Crippen molar-refractivity contribution in [3.8, 4) is 5.75 Å². The molecule has 1 unspecified atom stereocenters. The van der Waals surface area contributed by atoms with Gasteiger partial charge in [-0.25, -0.2) is 0 Å². The number of likely N-dealkylation sites (N-methyl/N-ethyl adjacent to an activating group) is 1. The number of rotatable bonds is 7. The zero-order valence-corrected chi connectivity index (χ0v) is 15.0. The highest BCUT2D eigenvalue weighted by atomic mass is 16.5. The molecule has 0 aliphatic heterocycles. The molecule has 1 aromatic heterocycles. The Morgan fingerprint density at radius 3 is 2.58 bits per heavy atom. The lowest BCUT2D eigenvalue weighted by Crippen LogP contribution is -2.40. The average molecular weight is 331 g/mol. The maximum Gasteiger partial charge on any atom is 0.263 e. The van der Waals surface area contributed by atoms with Crippen molar-refractivity contribution in [2.75, 3.05) is 6.54 Å². The molecule has 1 heterocycles. The highest BCUT2D eigenvalue weighted by Gasteiger charge is 2.23. The van der Waals surface area contributed by atoms with Crippen molar-refractivity contribution in [2.45, 2.75) is 53.7 Å². The number of carbonyl (C=O) groups is 1. The van der Waals surface area contributed by atoms with Gasteiger partial charge in [0.25, 0.3) is 5.91 Å². The zero-order valence-electron chi connectivity index (χ0n) is 15.0. The number of amides is 1. The van der Waals surface area contributed by atoms with E-state index in [2.05, 4.69) is 10.2 Å². The molecule has 0 spiro atoms. The Bertz CT molecular complexity index is 697. The molecule has 0 fully saturated rings. The second-order valence-corrected chi connectivity index (χ2v) is 5.82. The van der Waals surface area contributed by atoms with E-state index in [4.69, 9.17) is 9.15 Å². The molecule has 0 saturated carbocycles. The SMILES string of the molecule is CCc1nnc(CN(CC)C(=O)C(C)Oc2cc(C)ccc2C)o1.